The number of hydrogen-bond acceptors (Lipinski definition) is 3. The minimum atomic E-state index is -4.69. The maximum atomic E-state index is 13.1. The van der Waals surface area contributed by atoms with Gasteiger partial charge in [0.15, 0.2) is 23.0 Å². The molecule has 0 saturated heterocycles. The van der Waals surface area contributed by atoms with Gasteiger partial charge in [0.05, 0.1) is 5.69 Å². The van der Waals surface area contributed by atoms with E-state index in [0.29, 0.717) is 6.42 Å². The summed E-state index contributed by atoms with van der Waals surface area (Å²) in [6.07, 6.45) is -4.13. The van der Waals surface area contributed by atoms with Gasteiger partial charge in [-0.05, 0) is 25.0 Å². The standard InChI is InChI=1S/C14H10F4N2O2/c15-9-5-4-7(6-11(9)22)20-12-8(2-1-3-10(12)21)13(19-20)14(16,17)18/h4-6,22H,1-3H2. The molecule has 0 bridgehead atoms. The predicted molar refractivity (Wildman–Crippen MR) is 67.5 cm³/mol. The lowest BCUT2D eigenvalue weighted by Crippen LogP contribution is -2.16. The molecular weight excluding hydrogens is 304 g/mol. The summed E-state index contributed by atoms with van der Waals surface area (Å²) in [4.78, 5) is 12.0. The first-order valence-electron chi connectivity index (χ1n) is 6.50. The number of halogens is 4. The van der Waals surface area contributed by atoms with E-state index in [1.807, 2.05) is 0 Å². The molecule has 1 aromatic heterocycles. The Morgan fingerprint density at radius 3 is 2.59 bits per heavy atom. The average Bonchev–Trinajstić information content (AvgIpc) is 2.83. The van der Waals surface area contributed by atoms with Crippen molar-refractivity contribution < 1.29 is 27.5 Å². The lowest BCUT2D eigenvalue weighted by Gasteiger charge is -2.13. The fourth-order valence-corrected chi connectivity index (χ4v) is 2.57. The van der Waals surface area contributed by atoms with E-state index in [1.165, 1.54) is 0 Å². The third kappa shape index (κ3) is 2.24. The van der Waals surface area contributed by atoms with Crippen LogP contribution in [-0.2, 0) is 12.6 Å². The van der Waals surface area contributed by atoms with Crippen LogP contribution in [0.15, 0.2) is 18.2 Å². The molecule has 1 N–H and O–H groups in total. The first-order valence-corrected chi connectivity index (χ1v) is 6.50. The van der Waals surface area contributed by atoms with Gasteiger partial charge in [0, 0.05) is 18.1 Å². The van der Waals surface area contributed by atoms with E-state index >= 15 is 0 Å². The van der Waals surface area contributed by atoms with E-state index in [0.717, 1.165) is 22.9 Å². The summed E-state index contributed by atoms with van der Waals surface area (Å²) >= 11 is 0. The molecule has 0 saturated carbocycles. The second kappa shape index (κ2) is 4.82. The van der Waals surface area contributed by atoms with E-state index in [1.54, 1.807) is 0 Å². The van der Waals surface area contributed by atoms with Crippen molar-refractivity contribution in [2.75, 3.05) is 0 Å². The van der Waals surface area contributed by atoms with Crippen LogP contribution in [-0.4, -0.2) is 20.7 Å². The molecule has 0 fully saturated rings. The number of carbonyl (C=O) groups is 1. The van der Waals surface area contributed by atoms with Crippen LogP contribution in [0.2, 0.25) is 0 Å². The summed E-state index contributed by atoms with van der Waals surface area (Å²) in [6, 6.07) is 2.99. The van der Waals surface area contributed by atoms with Crippen molar-refractivity contribution in [2.24, 2.45) is 0 Å². The number of alkyl halides is 3. The highest BCUT2D eigenvalue weighted by Crippen LogP contribution is 2.37. The molecule has 1 aliphatic carbocycles. The molecule has 4 nitrogen and oxygen atoms in total. The smallest absolute Gasteiger partial charge is 0.435 e. The third-order valence-corrected chi connectivity index (χ3v) is 3.52. The van der Waals surface area contributed by atoms with Crippen molar-refractivity contribution in [3.8, 4) is 11.4 Å². The zero-order valence-corrected chi connectivity index (χ0v) is 11.1. The van der Waals surface area contributed by atoms with Crippen LogP contribution < -0.4 is 0 Å². The number of benzene rings is 1. The minimum absolute atomic E-state index is 0.000833. The first kappa shape index (κ1) is 14.6. The number of rotatable bonds is 1. The number of aromatic nitrogens is 2. The normalized spacial score (nSPS) is 15.0. The van der Waals surface area contributed by atoms with Crippen LogP contribution in [0.3, 0.4) is 0 Å². The van der Waals surface area contributed by atoms with Crippen LogP contribution >= 0.6 is 0 Å². The van der Waals surface area contributed by atoms with E-state index < -0.39 is 29.2 Å². The van der Waals surface area contributed by atoms with Gasteiger partial charge in [0.25, 0.3) is 0 Å². The van der Waals surface area contributed by atoms with Crippen LogP contribution in [0, 0.1) is 5.82 Å². The van der Waals surface area contributed by atoms with E-state index in [9.17, 15) is 27.5 Å². The monoisotopic (exact) mass is 314 g/mol. The molecule has 0 atom stereocenters. The topological polar surface area (TPSA) is 55.1 Å². The lowest BCUT2D eigenvalue weighted by molar-refractivity contribution is -0.142. The summed E-state index contributed by atoms with van der Waals surface area (Å²) in [5, 5.41) is 12.9. The Hall–Kier alpha value is -2.38. The number of carbonyl (C=O) groups excluding carboxylic acids is 1. The van der Waals surface area contributed by atoms with E-state index in [-0.39, 0.29) is 29.8 Å². The Morgan fingerprint density at radius 2 is 1.95 bits per heavy atom. The van der Waals surface area contributed by atoms with Gasteiger partial charge in [-0.2, -0.15) is 18.3 Å². The molecule has 1 heterocycles. The maximum Gasteiger partial charge on any atom is 0.435 e. The number of aromatic hydroxyl groups is 1. The van der Waals surface area contributed by atoms with Gasteiger partial charge in [-0.15, -0.1) is 0 Å². The number of Topliss-reactive ketones (excluding diaryl/α,β-unsaturated/α-hetero) is 1. The van der Waals surface area contributed by atoms with E-state index in [2.05, 4.69) is 5.10 Å². The number of nitrogens with zero attached hydrogens (tertiary/aromatic N) is 2. The second-order valence-electron chi connectivity index (χ2n) is 5.00. The first-order chi connectivity index (χ1) is 10.3. The van der Waals surface area contributed by atoms with Gasteiger partial charge in [-0.1, -0.05) is 0 Å². The minimum Gasteiger partial charge on any atom is -0.505 e. The van der Waals surface area contributed by atoms with Gasteiger partial charge in [0.2, 0.25) is 0 Å². The summed E-state index contributed by atoms with van der Waals surface area (Å²) in [7, 11) is 0. The number of phenols is 1. The number of fused-ring (bicyclic) bond motifs is 1. The highest BCUT2D eigenvalue weighted by Gasteiger charge is 2.41. The summed E-state index contributed by atoms with van der Waals surface area (Å²) in [5.41, 5.74) is -1.41. The van der Waals surface area contributed by atoms with Gasteiger partial charge in [-0.3, -0.25) is 4.79 Å². The van der Waals surface area contributed by atoms with Crippen molar-refractivity contribution >= 4 is 5.78 Å². The van der Waals surface area contributed by atoms with E-state index in [4.69, 9.17) is 0 Å². The SMILES string of the molecule is O=C1CCCc2c(C(F)(F)F)nn(-c3ccc(F)c(O)c3)c21. The molecule has 0 aliphatic heterocycles. The van der Waals surface area contributed by atoms with Crippen molar-refractivity contribution in [1.82, 2.24) is 9.78 Å². The highest BCUT2D eigenvalue weighted by atomic mass is 19.4. The molecule has 1 aromatic carbocycles. The molecule has 1 aliphatic rings. The maximum absolute atomic E-state index is 13.1. The van der Waals surface area contributed by atoms with Crippen LogP contribution in [0.5, 0.6) is 5.75 Å². The molecule has 22 heavy (non-hydrogen) atoms. The molecule has 116 valence electrons. The largest absolute Gasteiger partial charge is 0.505 e. The van der Waals surface area contributed by atoms with Crippen molar-refractivity contribution in [2.45, 2.75) is 25.4 Å². The van der Waals surface area contributed by atoms with Gasteiger partial charge >= 0.3 is 6.18 Å². The molecule has 8 heteroatoms. The number of phenolic OH excluding ortho intramolecular Hbond substituents is 1. The number of ketones is 1. The average molecular weight is 314 g/mol. The molecule has 3 rings (SSSR count). The fraction of sp³-hybridized carbons (Fsp3) is 0.286. The summed E-state index contributed by atoms with van der Waals surface area (Å²) in [5.74, 6) is -2.08. The Balaban J connectivity index is 2.25. The Bertz CT molecular complexity index is 765. The fourth-order valence-electron chi connectivity index (χ4n) is 2.57. The molecule has 0 amide bonds. The molecule has 2 aromatic rings. The molecular formula is C14H10F4N2O2. The molecule has 0 spiro atoms. The van der Waals surface area contributed by atoms with Crippen molar-refractivity contribution in [3.05, 3.63) is 41.0 Å². The Kier molecular flexibility index (Phi) is 3.19. The second-order valence-corrected chi connectivity index (χ2v) is 5.00. The van der Waals surface area contributed by atoms with Gasteiger partial charge in [-0.25, -0.2) is 9.07 Å². The zero-order chi connectivity index (χ0) is 16.1. The summed E-state index contributed by atoms with van der Waals surface area (Å²) in [6.45, 7) is 0. The van der Waals surface area contributed by atoms with Crippen LogP contribution in [0.25, 0.3) is 5.69 Å². The third-order valence-electron chi connectivity index (χ3n) is 3.52. The Morgan fingerprint density at radius 1 is 1.23 bits per heavy atom. The zero-order valence-electron chi connectivity index (χ0n) is 11.1. The number of hydrogen-bond donors (Lipinski definition) is 1. The van der Waals surface area contributed by atoms with Crippen LogP contribution in [0.1, 0.15) is 34.6 Å². The quantitative estimate of drug-likeness (QED) is 0.822. The molecule has 0 unspecified atom stereocenters. The summed E-state index contributed by atoms with van der Waals surface area (Å²) < 4.78 is 53.2. The molecule has 0 radical (unpaired) electrons. The predicted octanol–water partition coefficient (Wildman–Crippen LogP) is 3.25. The Labute approximate surface area is 122 Å². The lowest BCUT2D eigenvalue weighted by atomic mass is 9.94. The van der Waals surface area contributed by atoms with Crippen LogP contribution in [0.4, 0.5) is 17.6 Å². The van der Waals surface area contributed by atoms with Crippen molar-refractivity contribution in [1.29, 1.82) is 0 Å². The van der Waals surface area contributed by atoms with Gasteiger partial charge < -0.3 is 5.11 Å². The van der Waals surface area contributed by atoms with Crippen molar-refractivity contribution in [3.63, 3.8) is 0 Å². The highest BCUT2D eigenvalue weighted by molar-refractivity contribution is 5.97. The van der Waals surface area contributed by atoms with Gasteiger partial charge in [0.1, 0.15) is 5.69 Å².